The van der Waals surface area contributed by atoms with Crippen molar-refractivity contribution in [1.29, 1.82) is 0 Å². The molecular formula is C11H17NOS. The van der Waals surface area contributed by atoms with Crippen molar-refractivity contribution >= 4 is 11.3 Å². The average molecular weight is 211 g/mol. The Balaban J connectivity index is 1.96. The zero-order chi connectivity index (χ0) is 10.0. The summed E-state index contributed by atoms with van der Waals surface area (Å²) in [4.78, 5) is 1.38. The highest BCUT2D eigenvalue weighted by Crippen LogP contribution is 2.22. The number of ether oxygens (including phenoxy) is 1. The highest BCUT2D eigenvalue weighted by atomic mass is 32.1. The molecule has 0 radical (unpaired) electrons. The molecule has 2 atom stereocenters. The van der Waals surface area contributed by atoms with Gasteiger partial charge in [-0.25, -0.2) is 0 Å². The van der Waals surface area contributed by atoms with Crippen LogP contribution in [0.5, 0.6) is 0 Å². The summed E-state index contributed by atoms with van der Waals surface area (Å²) >= 11 is 1.80. The molecule has 1 aromatic rings. The summed E-state index contributed by atoms with van der Waals surface area (Å²) in [5.41, 5.74) is -0.155. The van der Waals surface area contributed by atoms with E-state index in [-0.39, 0.29) is 5.72 Å². The van der Waals surface area contributed by atoms with Crippen LogP contribution in [0.4, 0.5) is 0 Å². The van der Waals surface area contributed by atoms with Gasteiger partial charge in [0.2, 0.25) is 0 Å². The Morgan fingerprint density at radius 3 is 3.14 bits per heavy atom. The Hall–Kier alpha value is -0.380. The van der Waals surface area contributed by atoms with Gasteiger partial charge in [0.25, 0.3) is 0 Å². The minimum atomic E-state index is -0.155. The molecule has 3 heteroatoms. The number of hydrogen-bond acceptors (Lipinski definition) is 3. The summed E-state index contributed by atoms with van der Waals surface area (Å²) in [6.07, 6.45) is 0.970. The van der Waals surface area contributed by atoms with E-state index in [4.69, 9.17) is 4.74 Å². The second kappa shape index (κ2) is 4.01. The molecular weight excluding hydrogens is 194 g/mol. The lowest BCUT2D eigenvalue weighted by molar-refractivity contribution is -0.0993. The Labute approximate surface area is 89.3 Å². The number of thiophene rings is 1. The van der Waals surface area contributed by atoms with Gasteiger partial charge < -0.3 is 4.74 Å². The molecule has 0 saturated carbocycles. The van der Waals surface area contributed by atoms with Crippen LogP contribution in [-0.4, -0.2) is 18.9 Å². The molecule has 78 valence electrons. The van der Waals surface area contributed by atoms with Crippen molar-refractivity contribution in [3.63, 3.8) is 0 Å². The smallest absolute Gasteiger partial charge is 0.121 e. The lowest BCUT2D eigenvalue weighted by atomic mass is 10.1. The van der Waals surface area contributed by atoms with Crippen molar-refractivity contribution < 1.29 is 4.74 Å². The van der Waals surface area contributed by atoms with Crippen molar-refractivity contribution in [2.45, 2.75) is 26.0 Å². The molecule has 0 bridgehead atoms. The number of rotatable bonds is 2. The van der Waals surface area contributed by atoms with Gasteiger partial charge >= 0.3 is 0 Å². The maximum Gasteiger partial charge on any atom is 0.121 e. The van der Waals surface area contributed by atoms with E-state index in [2.05, 4.69) is 36.7 Å². The Morgan fingerprint density at radius 1 is 1.71 bits per heavy atom. The number of nitrogens with one attached hydrogen (secondary N) is 1. The van der Waals surface area contributed by atoms with Crippen LogP contribution in [0.2, 0.25) is 0 Å². The van der Waals surface area contributed by atoms with Gasteiger partial charge in [0.1, 0.15) is 5.72 Å². The minimum Gasteiger partial charge on any atom is -0.360 e. The quantitative estimate of drug-likeness (QED) is 0.810. The third-order valence-corrected chi connectivity index (χ3v) is 3.48. The Morgan fingerprint density at radius 2 is 2.57 bits per heavy atom. The van der Waals surface area contributed by atoms with Gasteiger partial charge in [-0.15, -0.1) is 11.3 Å². The summed E-state index contributed by atoms with van der Waals surface area (Å²) < 4.78 is 5.85. The summed E-state index contributed by atoms with van der Waals surface area (Å²) in [7, 11) is 0. The fraction of sp³-hybridized carbons (Fsp3) is 0.636. The highest BCUT2D eigenvalue weighted by Gasteiger charge is 2.30. The topological polar surface area (TPSA) is 21.3 Å². The molecule has 1 aliphatic rings. The summed E-state index contributed by atoms with van der Waals surface area (Å²) in [6, 6.07) is 4.26. The second-order valence-corrected chi connectivity index (χ2v) is 5.32. The average Bonchev–Trinajstić information content (AvgIpc) is 2.63. The van der Waals surface area contributed by atoms with Crippen LogP contribution in [0.15, 0.2) is 17.5 Å². The van der Waals surface area contributed by atoms with Crippen LogP contribution in [0, 0.1) is 5.92 Å². The lowest BCUT2D eigenvalue weighted by Gasteiger charge is -2.37. The van der Waals surface area contributed by atoms with Gasteiger partial charge in [0.05, 0.1) is 6.61 Å². The van der Waals surface area contributed by atoms with Gasteiger partial charge in [-0.1, -0.05) is 13.0 Å². The Bertz CT molecular complexity index is 275. The molecule has 1 N–H and O–H groups in total. The van der Waals surface area contributed by atoms with Gasteiger partial charge in [-0.05, 0) is 24.3 Å². The van der Waals surface area contributed by atoms with Gasteiger partial charge in [0.15, 0.2) is 0 Å². The SMILES string of the molecule is CC1CNC(C)(Cc2cccs2)OC1. The van der Waals surface area contributed by atoms with Crippen LogP contribution in [-0.2, 0) is 11.2 Å². The molecule has 2 heterocycles. The lowest BCUT2D eigenvalue weighted by Crippen LogP contribution is -2.53. The summed E-state index contributed by atoms with van der Waals surface area (Å²) in [5, 5.41) is 5.58. The standard InChI is InChI=1S/C11H17NOS/c1-9-7-12-11(2,13-8-9)6-10-4-3-5-14-10/h3-5,9,12H,6-8H2,1-2H3. The summed E-state index contributed by atoms with van der Waals surface area (Å²) in [6.45, 7) is 6.27. The molecule has 0 spiro atoms. The van der Waals surface area contributed by atoms with Crippen molar-refractivity contribution in [2.75, 3.05) is 13.2 Å². The van der Waals surface area contributed by atoms with Crippen molar-refractivity contribution in [3.05, 3.63) is 22.4 Å². The third-order valence-electron chi connectivity index (χ3n) is 2.60. The van der Waals surface area contributed by atoms with E-state index in [0.717, 1.165) is 19.6 Å². The van der Waals surface area contributed by atoms with E-state index in [1.807, 2.05) is 0 Å². The molecule has 14 heavy (non-hydrogen) atoms. The highest BCUT2D eigenvalue weighted by molar-refractivity contribution is 7.09. The Kier molecular flexibility index (Phi) is 2.91. The minimum absolute atomic E-state index is 0.155. The maximum absolute atomic E-state index is 5.85. The molecule has 2 rings (SSSR count). The zero-order valence-electron chi connectivity index (χ0n) is 8.75. The first-order chi connectivity index (χ1) is 6.68. The van der Waals surface area contributed by atoms with E-state index >= 15 is 0 Å². The van der Waals surface area contributed by atoms with E-state index in [1.54, 1.807) is 11.3 Å². The largest absolute Gasteiger partial charge is 0.360 e. The second-order valence-electron chi connectivity index (χ2n) is 4.28. The molecule has 2 unspecified atom stereocenters. The van der Waals surface area contributed by atoms with Gasteiger partial charge in [-0.2, -0.15) is 0 Å². The van der Waals surface area contributed by atoms with Crippen LogP contribution < -0.4 is 5.32 Å². The molecule has 2 nitrogen and oxygen atoms in total. The van der Waals surface area contributed by atoms with Crippen LogP contribution in [0.3, 0.4) is 0 Å². The van der Waals surface area contributed by atoms with E-state index in [1.165, 1.54) is 4.88 Å². The third kappa shape index (κ3) is 2.35. The molecule has 1 fully saturated rings. The number of hydrogen-bond donors (Lipinski definition) is 1. The zero-order valence-corrected chi connectivity index (χ0v) is 9.56. The van der Waals surface area contributed by atoms with Crippen LogP contribution >= 0.6 is 11.3 Å². The van der Waals surface area contributed by atoms with Gasteiger partial charge in [0, 0.05) is 17.8 Å². The van der Waals surface area contributed by atoms with Crippen molar-refractivity contribution in [2.24, 2.45) is 5.92 Å². The van der Waals surface area contributed by atoms with E-state index < -0.39 is 0 Å². The van der Waals surface area contributed by atoms with Gasteiger partial charge in [-0.3, -0.25) is 5.32 Å². The van der Waals surface area contributed by atoms with E-state index in [0.29, 0.717) is 5.92 Å². The fourth-order valence-electron chi connectivity index (χ4n) is 1.69. The molecule has 0 aliphatic carbocycles. The summed E-state index contributed by atoms with van der Waals surface area (Å²) in [5.74, 6) is 0.631. The monoisotopic (exact) mass is 211 g/mol. The predicted octanol–water partition coefficient (Wildman–Crippen LogP) is 2.26. The first-order valence-corrected chi connectivity index (χ1v) is 5.97. The normalized spacial score (nSPS) is 33.1. The fourth-order valence-corrected chi connectivity index (χ4v) is 2.53. The van der Waals surface area contributed by atoms with Crippen molar-refractivity contribution in [1.82, 2.24) is 5.32 Å². The first kappa shape index (κ1) is 10.1. The maximum atomic E-state index is 5.85. The molecule has 1 saturated heterocycles. The predicted molar refractivity (Wildman–Crippen MR) is 59.5 cm³/mol. The first-order valence-electron chi connectivity index (χ1n) is 5.09. The molecule has 1 aromatic heterocycles. The van der Waals surface area contributed by atoms with Crippen LogP contribution in [0.25, 0.3) is 0 Å². The molecule has 1 aliphatic heterocycles. The molecule has 0 amide bonds. The van der Waals surface area contributed by atoms with Crippen LogP contribution in [0.1, 0.15) is 18.7 Å². The van der Waals surface area contributed by atoms with Crippen molar-refractivity contribution in [3.8, 4) is 0 Å². The van der Waals surface area contributed by atoms with E-state index in [9.17, 15) is 0 Å². The molecule has 0 aromatic carbocycles.